The minimum atomic E-state index is -1.04. The molecule has 0 bridgehead atoms. The van der Waals surface area contributed by atoms with Crippen molar-refractivity contribution in [1.82, 2.24) is 4.98 Å². The van der Waals surface area contributed by atoms with Gasteiger partial charge in [-0.05, 0) is 19.1 Å². The molecule has 0 aliphatic heterocycles. The molecule has 0 saturated carbocycles. The lowest BCUT2D eigenvalue weighted by Gasteiger charge is -2.24. The summed E-state index contributed by atoms with van der Waals surface area (Å²) in [6, 6.07) is 5.54. The van der Waals surface area contributed by atoms with Crippen LogP contribution in [0.1, 0.15) is 44.0 Å². The van der Waals surface area contributed by atoms with Crippen molar-refractivity contribution in [3.05, 3.63) is 49.3 Å². The summed E-state index contributed by atoms with van der Waals surface area (Å²) in [6.45, 7) is 8.18. The molecule has 5 heteroatoms. The van der Waals surface area contributed by atoms with Gasteiger partial charge in [-0.25, -0.2) is 4.98 Å². The lowest BCUT2D eigenvalue weighted by Crippen LogP contribution is -2.25. The number of halogens is 2. The predicted molar refractivity (Wildman–Crippen MR) is 93.2 cm³/mol. The van der Waals surface area contributed by atoms with E-state index >= 15 is 0 Å². The molecule has 2 rings (SSSR count). The van der Waals surface area contributed by atoms with Crippen molar-refractivity contribution in [3.8, 4) is 0 Å². The zero-order chi connectivity index (χ0) is 15.8. The fourth-order valence-corrected chi connectivity index (χ4v) is 4.10. The molecule has 0 fully saturated rings. The van der Waals surface area contributed by atoms with Crippen molar-refractivity contribution in [2.45, 2.75) is 45.1 Å². The summed E-state index contributed by atoms with van der Waals surface area (Å²) in [7, 11) is 0. The molecule has 1 aromatic carbocycles. The fraction of sp³-hybridized carbons (Fsp3) is 0.438. The second-order valence-corrected chi connectivity index (χ2v) is 8.72. The maximum atomic E-state index is 10.8. The Morgan fingerprint density at radius 1 is 1.29 bits per heavy atom. The monoisotopic (exact) mass is 387 g/mol. The molecule has 1 unspecified atom stereocenters. The molecule has 2 nitrogen and oxygen atoms in total. The van der Waals surface area contributed by atoms with Crippen molar-refractivity contribution in [3.63, 3.8) is 0 Å². The van der Waals surface area contributed by atoms with E-state index in [1.54, 1.807) is 24.3 Å². The minimum Gasteiger partial charge on any atom is -0.385 e. The molecule has 21 heavy (non-hydrogen) atoms. The van der Waals surface area contributed by atoms with Gasteiger partial charge in [-0.1, -0.05) is 54.4 Å². The highest BCUT2D eigenvalue weighted by atomic mass is 79.9. The Balaban J connectivity index is 2.26. The molecule has 2 aromatic rings. The van der Waals surface area contributed by atoms with Gasteiger partial charge in [-0.2, -0.15) is 0 Å². The largest absolute Gasteiger partial charge is 0.385 e. The third-order valence-corrected chi connectivity index (χ3v) is 4.98. The van der Waals surface area contributed by atoms with Crippen molar-refractivity contribution in [2.24, 2.45) is 0 Å². The van der Waals surface area contributed by atoms with Crippen LogP contribution in [-0.4, -0.2) is 10.1 Å². The van der Waals surface area contributed by atoms with E-state index < -0.39 is 5.60 Å². The summed E-state index contributed by atoms with van der Waals surface area (Å²) in [5.74, 6) is 0. The van der Waals surface area contributed by atoms with Crippen LogP contribution in [0, 0.1) is 0 Å². The maximum Gasteiger partial charge on any atom is 0.0960 e. The third-order valence-electron chi connectivity index (χ3n) is 3.33. The number of benzene rings is 1. The molecule has 0 radical (unpaired) electrons. The van der Waals surface area contributed by atoms with Crippen LogP contribution in [0.4, 0.5) is 0 Å². The van der Waals surface area contributed by atoms with Gasteiger partial charge >= 0.3 is 0 Å². The van der Waals surface area contributed by atoms with Crippen LogP contribution < -0.4 is 0 Å². The molecule has 1 N–H and O–H groups in total. The Bertz CT molecular complexity index is 646. The maximum absolute atomic E-state index is 10.8. The number of rotatable bonds is 3. The Morgan fingerprint density at radius 2 is 1.95 bits per heavy atom. The lowest BCUT2D eigenvalue weighted by molar-refractivity contribution is 0.0576. The number of nitrogens with zero attached hydrogens (tertiary/aromatic N) is 1. The first-order valence-corrected chi connectivity index (χ1v) is 8.77. The van der Waals surface area contributed by atoms with E-state index in [2.05, 4.69) is 47.1 Å². The van der Waals surface area contributed by atoms with Crippen LogP contribution in [0.25, 0.3) is 0 Å². The van der Waals surface area contributed by atoms with E-state index in [-0.39, 0.29) is 5.41 Å². The first-order valence-electron chi connectivity index (χ1n) is 6.72. The second kappa shape index (κ2) is 5.99. The van der Waals surface area contributed by atoms with Crippen LogP contribution >= 0.6 is 38.9 Å². The highest BCUT2D eigenvalue weighted by molar-refractivity contribution is 9.10. The summed E-state index contributed by atoms with van der Waals surface area (Å²) < 4.78 is 0.899. The summed E-state index contributed by atoms with van der Waals surface area (Å²) in [6.07, 6.45) is 0.453. The third kappa shape index (κ3) is 4.07. The van der Waals surface area contributed by atoms with Crippen LogP contribution in [0.3, 0.4) is 0 Å². The molecular weight excluding hydrogens is 370 g/mol. The molecule has 0 saturated heterocycles. The van der Waals surface area contributed by atoms with Gasteiger partial charge in [0, 0.05) is 32.3 Å². The quantitative estimate of drug-likeness (QED) is 0.773. The van der Waals surface area contributed by atoms with Crippen LogP contribution in [0.2, 0.25) is 5.02 Å². The molecule has 114 valence electrons. The Labute approximate surface area is 143 Å². The average molecular weight is 389 g/mol. The molecule has 1 heterocycles. The number of aromatic nitrogens is 1. The van der Waals surface area contributed by atoms with Gasteiger partial charge in [0.05, 0.1) is 16.3 Å². The van der Waals surface area contributed by atoms with Gasteiger partial charge in [0.25, 0.3) is 0 Å². The molecule has 0 aliphatic rings. The van der Waals surface area contributed by atoms with Crippen LogP contribution in [0.5, 0.6) is 0 Å². The SMILES string of the molecule is CC(C)(C)c1csc(CC(C)(O)c2ccc(Br)cc2Cl)n1. The topological polar surface area (TPSA) is 33.1 Å². The van der Waals surface area contributed by atoms with E-state index in [1.807, 2.05) is 12.1 Å². The fourth-order valence-electron chi connectivity index (χ4n) is 2.05. The molecular formula is C16H19BrClNOS. The van der Waals surface area contributed by atoms with E-state index in [1.165, 1.54) is 0 Å². The number of hydrogen-bond donors (Lipinski definition) is 1. The zero-order valence-electron chi connectivity index (χ0n) is 12.6. The van der Waals surface area contributed by atoms with Gasteiger partial charge < -0.3 is 5.11 Å². The van der Waals surface area contributed by atoms with E-state index in [4.69, 9.17) is 11.6 Å². The molecule has 0 spiro atoms. The van der Waals surface area contributed by atoms with Gasteiger partial charge in [0.2, 0.25) is 0 Å². The van der Waals surface area contributed by atoms with E-state index in [0.717, 1.165) is 20.7 Å². The number of hydrogen-bond acceptors (Lipinski definition) is 3. The Morgan fingerprint density at radius 3 is 2.48 bits per heavy atom. The smallest absolute Gasteiger partial charge is 0.0960 e. The minimum absolute atomic E-state index is 0.0237. The number of aliphatic hydroxyl groups is 1. The van der Waals surface area contributed by atoms with Gasteiger partial charge in [-0.3, -0.25) is 0 Å². The summed E-state index contributed by atoms with van der Waals surface area (Å²) in [4.78, 5) is 4.65. The summed E-state index contributed by atoms with van der Waals surface area (Å²) >= 11 is 11.2. The lowest BCUT2D eigenvalue weighted by atomic mass is 9.92. The highest BCUT2D eigenvalue weighted by Crippen LogP contribution is 2.34. The Kier molecular flexibility index (Phi) is 4.84. The predicted octanol–water partition coefficient (Wildman–Crippen LogP) is 5.31. The normalized spacial score (nSPS) is 15.0. The molecule has 0 amide bonds. The van der Waals surface area contributed by atoms with Crippen molar-refractivity contribution < 1.29 is 5.11 Å². The van der Waals surface area contributed by atoms with Crippen LogP contribution in [-0.2, 0) is 17.4 Å². The van der Waals surface area contributed by atoms with Gasteiger partial charge in [-0.15, -0.1) is 11.3 Å². The summed E-state index contributed by atoms with van der Waals surface area (Å²) in [5.41, 5.74) is 0.765. The molecule has 0 aliphatic carbocycles. The van der Waals surface area contributed by atoms with Crippen molar-refractivity contribution in [2.75, 3.05) is 0 Å². The highest BCUT2D eigenvalue weighted by Gasteiger charge is 2.28. The second-order valence-electron chi connectivity index (χ2n) is 6.45. The van der Waals surface area contributed by atoms with Crippen molar-refractivity contribution in [1.29, 1.82) is 0 Å². The van der Waals surface area contributed by atoms with E-state index in [0.29, 0.717) is 11.4 Å². The molecule has 1 aromatic heterocycles. The first kappa shape index (κ1) is 16.9. The van der Waals surface area contributed by atoms with Crippen molar-refractivity contribution >= 4 is 38.9 Å². The van der Waals surface area contributed by atoms with Gasteiger partial charge in [0.15, 0.2) is 0 Å². The van der Waals surface area contributed by atoms with E-state index in [9.17, 15) is 5.11 Å². The standard InChI is InChI=1S/C16H19BrClNOS/c1-15(2,3)13-9-21-14(19-13)8-16(4,20)11-6-5-10(17)7-12(11)18/h5-7,9,20H,8H2,1-4H3. The molecule has 1 atom stereocenters. The average Bonchev–Trinajstić information content (AvgIpc) is 2.75. The zero-order valence-corrected chi connectivity index (χ0v) is 15.7. The first-order chi connectivity index (χ1) is 9.59. The van der Waals surface area contributed by atoms with Gasteiger partial charge in [0.1, 0.15) is 0 Å². The van der Waals surface area contributed by atoms with Crippen LogP contribution in [0.15, 0.2) is 28.1 Å². The Hall–Kier alpha value is -0.420. The number of thiazole rings is 1. The summed E-state index contributed by atoms with van der Waals surface area (Å²) in [5, 5.41) is 14.3.